The Hall–Kier alpha value is -3.38. The molecule has 1 aliphatic heterocycles. The average Bonchev–Trinajstić information content (AvgIpc) is 3.38. The lowest BCUT2D eigenvalue weighted by atomic mass is 10.1. The summed E-state index contributed by atoms with van der Waals surface area (Å²) in [5.41, 5.74) is 1.86. The summed E-state index contributed by atoms with van der Waals surface area (Å²) in [7, 11) is -1.28. The Morgan fingerprint density at radius 2 is 2.03 bits per heavy atom. The van der Waals surface area contributed by atoms with Gasteiger partial charge in [0.05, 0.1) is 18.4 Å². The predicted octanol–water partition coefficient (Wildman–Crippen LogP) is 3.54. The van der Waals surface area contributed by atoms with E-state index in [1.165, 1.54) is 12.3 Å². The van der Waals surface area contributed by atoms with E-state index in [4.69, 9.17) is 9.72 Å². The summed E-state index contributed by atoms with van der Waals surface area (Å²) in [5, 5.41) is 0. The molecule has 37 heavy (non-hydrogen) atoms. The lowest BCUT2D eigenvalue weighted by Crippen LogP contribution is -2.42. The van der Waals surface area contributed by atoms with Crippen molar-refractivity contribution in [3.05, 3.63) is 47.0 Å². The van der Waals surface area contributed by atoms with Gasteiger partial charge in [0.25, 0.3) is 0 Å². The zero-order chi connectivity index (χ0) is 26.3. The zero-order valence-electron chi connectivity index (χ0n) is 21.6. The van der Waals surface area contributed by atoms with E-state index in [-0.39, 0.29) is 24.4 Å². The first kappa shape index (κ1) is 25.3. The standard InChI is InChI=1S/C25H32FN7O3Si/c1-17(34)30-9-5-6-19(15-30)33-24-21(32(25(33)35)16-36-10-11-37(2,3)4)13-28-23(29-24)20-12-27-22-8-7-18(26)14-31(20)22/h7-8,12-14,19H,5-6,9-11,15-16H2,1-4H3/t19-/m1/s1. The Balaban J connectivity index is 1.59. The maximum atomic E-state index is 14.0. The third kappa shape index (κ3) is 5.08. The van der Waals surface area contributed by atoms with Gasteiger partial charge in [0, 0.05) is 40.9 Å². The van der Waals surface area contributed by atoms with Crippen molar-refractivity contribution in [3.8, 4) is 11.5 Å². The van der Waals surface area contributed by atoms with Gasteiger partial charge in [-0.15, -0.1) is 0 Å². The molecule has 1 amide bonds. The van der Waals surface area contributed by atoms with Gasteiger partial charge >= 0.3 is 5.69 Å². The quantitative estimate of drug-likeness (QED) is 0.270. The van der Waals surface area contributed by atoms with Crippen LogP contribution in [0, 0.1) is 5.82 Å². The number of amides is 1. The molecule has 0 aliphatic carbocycles. The first-order valence-electron chi connectivity index (χ1n) is 12.6. The van der Waals surface area contributed by atoms with E-state index in [1.807, 2.05) is 0 Å². The molecule has 1 aliphatic rings. The first-order valence-corrected chi connectivity index (χ1v) is 16.3. The van der Waals surface area contributed by atoms with Crippen molar-refractivity contribution < 1.29 is 13.9 Å². The molecule has 0 spiro atoms. The molecule has 0 N–H and O–H groups in total. The summed E-state index contributed by atoms with van der Waals surface area (Å²) in [5.74, 6) is -0.0903. The van der Waals surface area contributed by atoms with Crippen LogP contribution in [0.5, 0.6) is 0 Å². The Morgan fingerprint density at radius 1 is 1.22 bits per heavy atom. The van der Waals surface area contributed by atoms with E-state index in [0.717, 1.165) is 18.9 Å². The highest BCUT2D eigenvalue weighted by atomic mass is 28.3. The highest BCUT2D eigenvalue weighted by molar-refractivity contribution is 6.76. The fraction of sp³-hybridized carbons (Fsp3) is 0.480. The largest absolute Gasteiger partial charge is 0.361 e. The molecule has 5 rings (SSSR count). The van der Waals surface area contributed by atoms with Gasteiger partial charge in [-0.05, 0) is 31.0 Å². The average molecular weight is 526 g/mol. The van der Waals surface area contributed by atoms with Crippen LogP contribution in [0.3, 0.4) is 0 Å². The van der Waals surface area contributed by atoms with Crippen molar-refractivity contribution in [2.75, 3.05) is 19.7 Å². The van der Waals surface area contributed by atoms with Crippen molar-refractivity contribution >= 4 is 30.8 Å². The monoisotopic (exact) mass is 525 g/mol. The van der Waals surface area contributed by atoms with Gasteiger partial charge in [-0.2, -0.15) is 0 Å². The van der Waals surface area contributed by atoms with E-state index in [0.29, 0.717) is 48.0 Å². The smallest absolute Gasteiger partial charge is 0.332 e. The van der Waals surface area contributed by atoms with Crippen molar-refractivity contribution in [2.45, 2.75) is 58.2 Å². The minimum atomic E-state index is -1.28. The number of carbonyl (C=O) groups excluding carboxylic acids is 1. The molecule has 0 unspecified atom stereocenters. The molecule has 4 aromatic heterocycles. The van der Waals surface area contributed by atoms with Gasteiger partial charge in [-0.1, -0.05) is 19.6 Å². The van der Waals surface area contributed by atoms with Crippen LogP contribution in [0.2, 0.25) is 25.7 Å². The lowest BCUT2D eigenvalue weighted by Gasteiger charge is -2.32. The molecule has 5 heterocycles. The Kier molecular flexibility index (Phi) is 6.71. The third-order valence-corrected chi connectivity index (χ3v) is 8.53. The number of imidazole rings is 2. The van der Waals surface area contributed by atoms with Crippen LogP contribution in [0.1, 0.15) is 25.8 Å². The maximum absolute atomic E-state index is 14.0. The summed E-state index contributed by atoms with van der Waals surface area (Å²) in [4.78, 5) is 41.2. The number of fused-ring (bicyclic) bond motifs is 2. The molecule has 1 saturated heterocycles. The summed E-state index contributed by atoms with van der Waals surface area (Å²) < 4.78 is 24.7. The first-order chi connectivity index (χ1) is 17.6. The molecule has 4 aromatic rings. The van der Waals surface area contributed by atoms with Crippen LogP contribution in [0.25, 0.3) is 28.3 Å². The lowest BCUT2D eigenvalue weighted by molar-refractivity contribution is -0.130. The van der Waals surface area contributed by atoms with Crippen molar-refractivity contribution in [1.29, 1.82) is 0 Å². The van der Waals surface area contributed by atoms with Crippen LogP contribution in [0.15, 0.2) is 35.5 Å². The molecule has 1 atom stereocenters. The van der Waals surface area contributed by atoms with Gasteiger partial charge in [0.15, 0.2) is 11.5 Å². The number of nitrogens with zero attached hydrogens (tertiary/aromatic N) is 7. The maximum Gasteiger partial charge on any atom is 0.332 e. The second kappa shape index (κ2) is 9.82. The van der Waals surface area contributed by atoms with Crippen LogP contribution in [-0.2, 0) is 16.3 Å². The minimum Gasteiger partial charge on any atom is -0.361 e. The number of halogens is 1. The number of hydrogen-bond donors (Lipinski definition) is 0. The van der Waals surface area contributed by atoms with Crippen molar-refractivity contribution in [2.24, 2.45) is 0 Å². The van der Waals surface area contributed by atoms with E-state index in [9.17, 15) is 14.0 Å². The number of piperidine rings is 1. The highest BCUT2D eigenvalue weighted by Gasteiger charge is 2.28. The number of rotatable bonds is 7. The minimum absolute atomic E-state index is 0.0146. The third-order valence-electron chi connectivity index (χ3n) is 6.83. The summed E-state index contributed by atoms with van der Waals surface area (Å²) in [6.07, 6.45) is 6.08. The predicted molar refractivity (Wildman–Crippen MR) is 141 cm³/mol. The molecule has 0 radical (unpaired) electrons. The molecule has 0 aromatic carbocycles. The second-order valence-electron chi connectivity index (χ2n) is 10.8. The van der Waals surface area contributed by atoms with E-state index < -0.39 is 13.9 Å². The topological polar surface area (TPSA) is 99.5 Å². The van der Waals surface area contributed by atoms with Crippen LogP contribution < -0.4 is 5.69 Å². The van der Waals surface area contributed by atoms with Gasteiger partial charge in [0.1, 0.15) is 29.4 Å². The number of likely N-dealkylation sites (tertiary alicyclic amines) is 1. The number of pyridine rings is 1. The molecule has 0 bridgehead atoms. The molecular weight excluding hydrogens is 493 g/mol. The summed E-state index contributed by atoms with van der Waals surface area (Å²) in [6.45, 7) is 10.2. The highest BCUT2D eigenvalue weighted by Crippen LogP contribution is 2.26. The molecule has 196 valence electrons. The molecular formula is C25H32FN7O3Si. The van der Waals surface area contributed by atoms with Gasteiger partial charge in [0.2, 0.25) is 5.91 Å². The van der Waals surface area contributed by atoms with Crippen LogP contribution in [-0.4, -0.2) is 67.1 Å². The molecule has 1 fully saturated rings. The van der Waals surface area contributed by atoms with E-state index >= 15 is 0 Å². The second-order valence-corrected chi connectivity index (χ2v) is 16.4. The summed E-state index contributed by atoms with van der Waals surface area (Å²) >= 11 is 0. The van der Waals surface area contributed by atoms with Gasteiger partial charge in [-0.3, -0.25) is 18.3 Å². The van der Waals surface area contributed by atoms with Crippen LogP contribution in [0.4, 0.5) is 4.39 Å². The molecule has 12 heteroatoms. The SMILES string of the molecule is CC(=O)N1CCC[C@@H](n2c(=O)n(COCC[Si](C)(C)C)c3cnc(-c4cnc5ccc(F)cn45)nc32)C1. The number of carbonyl (C=O) groups is 1. The van der Waals surface area contributed by atoms with Gasteiger partial charge < -0.3 is 9.64 Å². The summed E-state index contributed by atoms with van der Waals surface area (Å²) in [6, 6.07) is 3.69. The molecule has 0 saturated carbocycles. The van der Waals surface area contributed by atoms with Crippen molar-refractivity contribution in [3.63, 3.8) is 0 Å². The normalized spacial score (nSPS) is 16.7. The fourth-order valence-corrected chi connectivity index (χ4v) is 5.50. The zero-order valence-corrected chi connectivity index (χ0v) is 22.6. The van der Waals surface area contributed by atoms with Crippen LogP contribution >= 0.6 is 0 Å². The Morgan fingerprint density at radius 3 is 2.78 bits per heavy atom. The Labute approximate surface area is 214 Å². The van der Waals surface area contributed by atoms with Crippen molar-refractivity contribution in [1.82, 2.24) is 33.4 Å². The number of hydrogen-bond acceptors (Lipinski definition) is 6. The van der Waals surface area contributed by atoms with E-state index in [1.54, 1.807) is 43.8 Å². The Bertz CT molecular complexity index is 1520. The fourth-order valence-electron chi connectivity index (χ4n) is 4.74. The number of aromatic nitrogens is 6. The van der Waals surface area contributed by atoms with Gasteiger partial charge in [-0.25, -0.2) is 24.1 Å². The molecule has 10 nitrogen and oxygen atoms in total. The number of ether oxygens (including phenoxy) is 1. The van der Waals surface area contributed by atoms with E-state index in [2.05, 4.69) is 29.6 Å².